The van der Waals surface area contributed by atoms with Gasteiger partial charge in [0, 0.05) is 11.3 Å². The summed E-state index contributed by atoms with van der Waals surface area (Å²) in [5, 5.41) is 4.31. The molecule has 132 valence electrons. The highest BCUT2D eigenvalue weighted by Crippen LogP contribution is 2.23. The largest absolute Gasteiger partial charge is 1.00 e. The van der Waals surface area contributed by atoms with Gasteiger partial charge in [-0.2, -0.15) is 0 Å². The molecule has 0 spiro atoms. The Kier molecular flexibility index (Phi) is 9.14. The van der Waals surface area contributed by atoms with Crippen LogP contribution >= 0.6 is 11.8 Å². The maximum absolute atomic E-state index is 12.4. The van der Waals surface area contributed by atoms with Crippen molar-refractivity contribution in [2.24, 2.45) is 0 Å². The number of carbonyl (C=O) groups excluding carboxylic acids is 1. The van der Waals surface area contributed by atoms with Gasteiger partial charge in [0.05, 0.1) is 6.61 Å². The number of rotatable bonds is 6. The molecule has 1 aromatic rings. The average molecular weight is 413 g/mol. The minimum atomic E-state index is -0.267. The summed E-state index contributed by atoms with van der Waals surface area (Å²) in [6.07, 6.45) is 2.34. The van der Waals surface area contributed by atoms with Crippen molar-refractivity contribution in [3.63, 3.8) is 0 Å². The smallest absolute Gasteiger partial charge is 0.342 e. The summed E-state index contributed by atoms with van der Waals surface area (Å²) in [6, 6.07) is 9.84. The van der Waals surface area contributed by atoms with Crippen LogP contribution in [0.15, 0.2) is 41.6 Å². The third-order valence-corrected chi connectivity index (χ3v) is 4.64. The van der Waals surface area contributed by atoms with Gasteiger partial charge >= 0.3 is 11.1 Å². The number of carbonyl (C=O) groups is 1. The Labute approximate surface area is 158 Å². The summed E-state index contributed by atoms with van der Waals surface area (Å²) in [5.41, 5.74) is 2.57. The SMILES string of the molecule is CCCCSC1=[NH+]C(c2ccccc2)C(C(=O)OCC)=C(C)N1.[Br-]. The Morgan fingerprint density at radius 3 is 2.62 bits per heavy atom. The van der Waals surface area contributed by atoms with Crippen LogP contribution in [0.2, 0.25) is 0 Å². The van der Waals surface area contributed by atoms with Gasteiger partial charge in [0.25, 0.3) is 0 Å². The summed E-state index contributed by atoms with van der Waals surface area (Å²) in [4.78, 5) is 15.8. The molecule has 0 bridgehead atoms. The van der Waals surface area contributed by atoms with Crippen LogP contribution in [0, 0.1) is 0 Å². The summed E-state index contributed by atoms with van der Waals surface area (Å²) >= 11 is 1.76. The quantitative estimate of drug-likeness (QED) is 0.471. The van der Waals surface area contributed by atoms with Crippen LogP contribution in [0.4, 0.5) is 0 Å². The van der Waals surface area contributed by atoms with Gasteiger partial charge in [-0.05, 0) is 32.0 Å². The minimum absolute atomic E-state index is 0. The highest BCUT2D eigenvalue weighted by Gasteiger charge is 2.34. The van der Waals surface area contributed by atoms with E-state index in [2.05, 4.69) is 17.2 Å². The molecule has 1 atom stereocenters. The monoisotopic (exact) mass is 412 g/mol. The number of amidine groups is 1. The number of nitrogens with one attached hydrogen (secondary N) is 2. The van der Waals surface area contributed by atoms with Gasteiger partial charge in [0.2, 0.25) is 0 Å². The number of esters is 1. The zero-order valence-corrected chi connectivity index (χ0v) is 16.8. The molecule has 0 amide bonds. The van der Waals surface area contributed by atoms with Gasteiger partial charge in [-0.15, -0.1) is 0 Å². The van der Waals surface area contributed by atoms with E-state index in [0.29, 0.717) is 12.2 Å². The zero-order chi connectivity index (χ0) is 16.7. The molecular weight excluding hydrogens is 388 g/mol. The highest BCUT2D eigenvalue weighted by molar-refractivity contribution is 8.13. The maximum atomic E-state index is 12.4. The molecule has 6 heteroatoms. The second-order valence-electron chi connectivity index (χ2n) is 5.40. The fourth-order valence-corrected chi connectivity index (χ4v) is 3.53. The number of ether oxygens (including phenoxy) is 1. The van der Waals surface area contributed by atoms with Crippen molar-refractivity contribution in [1.82, 2.24) is 5.32 Å². The Bertz CT molecular complexity index is 602. The number of hydrogen-bond donors (Lipinski definition) is 2. The Hall–Kier alpha value is -1.27. The predicted molar refractivity (Wildman–Crippen MR) is 95.0 cm³/mol. The van der Waals surface area contributed by atoms with E-state index in [-0.39, 0.29) is 29.0 Å². The van der Waals surface area contributed by atoms with Gasteiger partial charge in [-0.25, -0.2) is 10.1 Å². The van der Waals surface area contributed by atoms with Crippen molar-refractivity contribution in [2.45, 2.75) is 39.7 Å². The van der Waals surface area contributed by atoms with E-state index in [1.54, 1.807) is 11.8 Å². The fraction of sp³-hybridized carbons (Fsp3) is 0.444. The molecular formula is C18H25BrN2O2S. The highest BCUT2D eigenvalue weighted by atomic mass is 79.9. The molecule has 2 N–H and O–H groups in total. The molecule has 0 radical (unpaired) electrons. The lowest BCUT2D eigenvalue weighted by molar-refractivity contribution is -0.498. The Balaban J connectivity index is 0.00000288. The van der Waals surface area contributed by atoms with Crippen LogP contribution in [-0.2, 0) is 9.53 Å². The summed E-state index contributed by atoms with van der Waals surface area (Å²) in [5.74, 6) is 0.784. The van der Waals surface area contributed by atoms with Crippen molar-refractivity contribution >= 4 is 22.9 Å². The molecule has 0 aliphatic carbocycles. The first-order valence-corrected chi connectivity index (χ1v) is 9.12. The zero-order valence-electron chi connectivity index (χ0n) is 14.4. The second-order valence-corrected chi connectivity index (χ2v) is 6.51. The van der Waals surface area contributed by atoms with E-state index < -0.39 is 0 Å². The molecule has 4 nitrogen and oxygen atoms in total. The van der Waals surface area contributed by atoms with Gasteiger partial charge < -0.3 is 21.7 Å². The maximum Gasteiger partial charge on any atom is 0.342 e. The lowest BCUT2D eigenvalue weighted by atomic mass is 9.97. The molecule has 24 heavy (non-hydrogen) atoms. The van der Waals surface area contributed by atoms with Gasteiger partial charge in [0.1, 0.15) is 11.3 Å². The van der Waals surface area contributed by atoms with Crippen molar-refractivity contribution in [1.29, 1.82) is 0 Å². The van der Waals surface area contributed by atoms with Gasteiger partial charge in [-0.3, -0.25) is 4.99 Å². The van der Waals surface area contributed by atoms with Crippen LogP contribution in [0.5, 0.6) is 0 Å². The lowest BCUT2D eigenvalue weighted by Crippen LogP contribution is -3.00. The van der Waals surface area contributed by atoms with Crippen LogP contribution in [0.3, 0.4) is 0 Å². The molecule has 1 unspecified atom stereocenters. The Morgan fingerprint density at radius 2 is 2.00 bits per heavy atom. The van der Waals surface area contributed by atoms with E-state index >= 15 is 0 Å². The van der Waals surface area contributed by atoms with E-state index in [0.717, 1.165) is 22.2 Å². The third kappa shape index (κ3) is 5.38. The van der Waals surface area contributed by atoms with Crippen LogP contribution in [-0.4, -0.2) is 23.5 Å². The van der Waals surface area contributed by atoms with Crippen LogP contribution < -0.4 is 27.3 Å². The topological polar surface area (TPSA) is 52.3 Å². The van der Waals surface area contributed by atoms with Crippen molar-refractivity contribution in [2.75, 3.05) is 12.4 Å². The first kappa shape index (κ1) is 20.8. The van der Waals surface area contributed by atoms with Crippen LogP contribution in [0.25, 0.3) is 0 Å². The average Bonchev–Trinajstić information content (AvgIpc) is 2.55. The fourth-order valence-electron chi connectivity index (χ4n) is 2.47. The van der Waals surface area contributed by atoms with Crippen molar-refractivity contribution in [3.05, 3.63) is 47.2 Å². The van der Waals surface area contributed by atoms with Crippen molar-refractivity contribution < 1.29 is 31.5 Å². The normalized spacial score (nSPS) is 16.8. The van der Waals surface area contributed by atoms with E-state index in [1.165, 1.54) is 12.8 Å². The lowest BCUT2D eigenvalue weighted by Gasteiger charge is -2.21. The standard InChI is InChI=1S/C18H24N2O2S.BrH/c1-4-6-12-23-18-19-13(3)15(17(21)22-5-2)16(20-18)14-10-8-7-9-11-14;/h7-11,16H,4-6,12H2,1-3H3,(H,19,20);1H. The molecule has 0 saturated carbocycles. The molecule has 1 aliphatic rings. The first-order valence-electron chi connectivity index (χ1n) is 8.13. The molecule has 1 heterocycles. The Morgan fingerprint density at radius 1 is 1.29 bits per heavy atom. The number of allylic oxidation sites excluding steroid dienone is 1. The number of benzene rings is 1. The van der Waals surface area contributed by atoms with Gasteiger partial charge in [-0.1, -0.05) is 43.7 Å². The molecule has 1 aliphatic heterocycles. The number of thioether (sulfide) groups is 1. The summed E-state index contributed by atoms with van der Waals surface area (Å²) in [7, 11) is 0. The second kappa shape index (κ2) is 10.6. The van der Waals surface area contributed by atoms with E-state index in [9.17, 15) is 4.79 Å². The van der Waals surface area contributed by atoms with E-state index in [4.69, 9.17) is 4.74 Å². The number of halogens is 1. The summed E-state index contributed by atoms with van der Waals surface area (Å²) < 4.78 is 5.24. The molecule has 0 fully saturated rings. The molecule has 0 saturated heterocycles. The number of hydrogen-bond acceptors (Lipinski definition) is 4. The van der Waals surface area contributed by atoms with E-state index in [1.807, 2.05) is 44.2 Å². The molecule has 1 aromatic carbocycles. The first-order chi connectivity index (χ1) is 11.2. The van der Waals surface area contributed by atoms with Crippen molar-refractivity contribution in [3.8, 4) is 0 Å². The predicted octanol–water partition coefficient (Wildman–Crippen LogP) is -0.858. The third-order valence-electron chi connectivity index (χ3n) is 3.64. The molecule has 0 aromatic heterocycles. The number of unbranched alkanes of at least 4 members (excludes halogenated alkanes) is 1. The van der Waals surface area contributed by atoms with Crippen LogP contribution in [0.1, 0.15) is 45.2 Å². The minimum Gasteiger partial charge on any atom is -1.00 e. The molecule has 2 rings (SSSR count). The van der Waals surface area contributed by atoms with Gasteiger partial charge in [0.15, 0.2) is 6.04 Å². The summed E-state index contributed by atoms with van der Waals surface area (Å²) in [6.45, 7) is 6.32.